The number of ether oxygens (including phenoxy) is 2. The molecule has 256 valence electrons. The number of carboxylic acids is 1. The topological polar surface area (TPSA) is 131 Å². The molecule has 0 heterocycles. The van der Waals surface area contributed by atoms with Gasteiger partial charge in [0, 0.05) is 29.7 Å². The first-order chi connectivity index (χ1) is 23.7. The van der Waals surface area contributed by atoms with E-state index in [1.807, 2.05) is 24.3 Å². The van der Waals surface area contributed by atoms with Crippen LogP contribution in [0.3, 0.4) is 0 Å². The largest absolute Gasteiger partial charge is 0.497 e. The second-order valence-electron chi connectivity index (χ2n) is 11.9. The van der Waals surface area contributed by atoms with Crippen LogP contribution in [-0.2, 0) is 28.9 Å². The summed E-state index contributed by atoms with van der Waals surface area (Å²) >= 11 is 0. The number of amides is 2. The molecule has 0 aliphatic heterocycles. The maximum Gasteiger partial charge on any atom is 0.326 e. The lowest BCUT2D eigenvalue weighted by atomic mass is 9.99. The summed E-state index contributed by atoms with van der Waals surface area (Å²) in [5.41, 5.74) is 3.70. The van der Waals surface area contributed by atoms with E-state index in [1.165, 1.54) is 31.4 Å². The van der Waals surface area contributed by atoms with Crippen LogP contribution in [0.25, 0.3) is 0 Å². The quantitative estimate of drug-likeness (QED) is 0.0722. The second kappa shape index (κ2) is 18.8. The van der Waals surface area contributed by atoms with Crippen LogP contribution in [0, 0.1) is 0 Å². The van der Waals surface area contributed by atoms with Gasteiger partial charge in [-0.2, -0.15) is 0 Å². The molecule has 4 aromatic rings. The molecule has 3 N–H and O–H groups in total. The maximum atomic E-state index is 12.9. The number of methoxy groups -OCH3 is 1. The molecule has 4 rings (SSSR count). The highest BCUT2D eigenvalue weighted by atomic mass is 16.5. The Morgan fingerprint density at radius 3 is 1.88 bits per heavy atom. The number of carbonyl (C=O) groups is 4. The molecule has 0 spiro atoms. The summed E-state index contributed by atoms with van der Waals surface area (Å²) in [6, 6.07) is 26.6. The Bertz CT molecular complexity index is 1670. The number of carbonyl (C=O) groups excluding carboxylic acids is 3. The van der Waals surface area contributed by atoms with Crippen LogP contribution in [-0.4, -0.2) is 48.4 Å². The molecule has 0 saturated heterocycles. The van der Waals surface area contributed by atoms with Gasteiger partial charge in [-0.15, -0.1) is 0 Å². The van der Waals surface area contributed by atoms with E-state index in [4.69, 9.17) is 9.47 Å². The monoisotopic (exact) mass is 664 g/mol. The molecule has 9 nitrogen and oxygen atoms in total. The van der Waals surface area contributed by atoms with Crippen LogP contribution in [0.5, 0.6) is 11.5 Å². The number of hydrogen-bond acceptors (Lipinski definition) is 6. The number of hydrogen-bond donors (Lipinski definition) is 3. The van der Waals surface area contributed by atoms with Gasteiger partial charge in [0.05, 0.1) is 20.1 Å². The summed E-state index contributed by atoms with van der Waals surface area (Å²) in [5, 5.41) is 15.2. The van der Waals surface area contributed by atoms with Crippen LogP contribution >= 0.6 is 0 Å². The Morgan fingerprint density at radius 1 is 0.673 bits per heavy atom. The SMILES string of the molecule is CCCCCCCOc1ccc(C(=O)Cc2ccc(C[C@H](NC(=O)c3ccc(NC(=O)Cc4ccc(OC)cc4)cc3)C(=O)O)cc2)cc1. The van der Waals surface area contributed by atoms with E-state index in [0.717, 1.165) is 29.7 Å². The van der Waals surface area contributed by atoms with Crippen molar-refractivity contribution in [3.8, 4) is 11.5 Å². The number of rotatable bonds is 19. The zero-order valence-corrected chi connectivity index (χ0v) is 28.1. The fourth-order valence-corrected chi connectivity index (χ4v) is 5.23. The van der Waals surface area contributed by atoms with Gasteiger partial charge in [-0.1, -0.05) is 69.0 Å². The van der Waals surface area contributed by atoms with Crippen LogP contribution in [0.1, 0.15) is 76.4 Å². The summed E-state index contributed by atoms with van der Waals surface area (Å²) in [7, 11) is 1.58. The molecule has 2 amide bonds. The van der Waals surface area contributed by atoms with Crippen LogP contribution in [0.4, 0.5) is 5.69 Å². The van der Waals surface area contributed by atoms with Crippen molar-refractivity contribution in [3.05, 3.63) is 125 Å². The molecule has 0 bridgehead atoms. The molecule has 9 heteroatoms. The van der Waals surface area contributed by atoms with Gasteiger partial charge in [0.1, 0.15) is 17.5 Å². The van der Waals surface area contributed by atoms with Crippen molar-refractivity contribution < 1.29 is 33.8 Å². The Labute approximate surface area is 287 Å². The number of ketones is 1. The number of anilines is 1. The molecular weight excluding hydrogens is 620 g/mol. The molecule has 4 aromatic carbocycles. The first-order valence-electron chi connectivity index (χ1n) is 16.6. The molecule has 0 aromatic heterocycles. The molecule has 0 unspecified atom stereocenters. The van der Waals surface area contributed by atoms with E-state index in [0.29, 0.717) is 29.2 Å². The van der Waals surface area contributed by atoms with Crippen molar-refractivity contribution in [1.29, 1.82) is 0 Å². The van der Waals surface area contributed by atoms with Crippen molar-refractivity contribution in [2.24, 2.45) is 0 Å². The molecule has 0 fully saturated rings. The van der Waals surface area contributed by atoms with E-state index in [9.17, 15) is 24.3 Å². The first kappa shape index (κ1) is 36.4. The molecular formula is C40H44N2O7. The molecule has 0 aliphatic carbocycles. The minimum atomic E-state index is -1.17. The molecule has 0 radical (unpaired) electrons. The van der Waals surface area contributed by atoms with Crippen LogP contribution in [0.15, 0.2) is 97.1 Å². The smallest absolute Gasteiger partial charge is 0.326 e. The van der Waals surface area contributed by atoms with Crippen molar-refractivity contribution in [2.45, 2.75) is 64.3 Å². The van der Waals surface area contributed by atoms with Gasteiger partial charge in [-0.05, 0) is 83.8 Å². The second-order valence-corrected chi connectivity index (χ2v) is 11.9. The van der Waals surface area contributed by atoms with E-state index < -0.39 is 17.9 Å². The first-order valence-corrected chi connectivity index (χ1v) is 16.6. The summed E-state index contributed by atoms with van der Waals surface area (Å²) in [6.07, 6.45) is 6.28. The van der Waals surface area contributed by atoms with Gasteiger partial charge in [0.15, 0.2) is 5.78 Å². The third kappa shape index (κ3) is 11.9. The van der Waals surface area contributed by atoms with E-state index in [-0.39, 0.29) is 36.5 Å². The number of carboxylic acid groups (broad SMARTS) is 1. The number of aliphatic carboxylic acids is 1. The normalized spacial score (nSPS) is 11.3. The summed E-state index contributed by atoms with van der Waals surface area (Å²) in [5.74, 6) is -0.507. The standard InChI is InChI=1S/C40H44N2O7/c1-3-4-5-6-7-24-49-35-22-16-31(17-23-35)37(43)26-29-10-8-28(9-11-29)25-36(40(46)47)42-39(45)32-14-18-33(19-15-32)41-38(44)27-30-12-20-34(48-2)21-13-30/h8-23,36H,3-7,24-27H2,1-2H3,(H,41,44)(H,42,45)(H,46,47)/t36-/m0/s1. The maximum absolute atomic E-state index is 12.9. The van der Waals surface area contributed by atoms with Crippen LogP contribution < -0.4 is 20.1 Å². The van der Waals surface area contributed by atoms with E-state index in [2.05, 4.69) is 17.6 Å². The van der Waals surface area contributed by atoms with E-state index in [1.54, 1.807) is 67.8 Å². The van der Waals surface area contributed by atoms with Crippen molar-refractivity contribution >= 4 is 29.3 Å². The van der Waals surface area contributed by atoms with Gasteiger partial charge in [-0.25, -0.2) is 4.79 Å². The average Bonchev–Trinajstić information content (AvgIpc) is 3.11. The zero-order chi connectivity index (χ0) is 35.0. The zero-order valence-electron chi connectivity index (χ0n) is 28.1. The number of unbranched alkanes of at least 4 members (excludes halogenated alkanes) is 4. The lowest BCUT2D eigenvalue weighted by molar-refractivity contribution is -0.139. The fourth-order valence-electron chi connectivity index (χ4n) is 5.23. The van der Waals surface area contributed by atoms with Gasteiger partial charge in [-0.3, -0.25) is 14.4 Å². The highest BCUT2D eigenvalue weighted by molar-refractivity contribution is 5.98. The molecule has 1 atom stereocenters. The lowest BCUT2D eigenvalue weighted by Crippen LogP contribution is -2.42. The minimum absolute atomic E-state index is 0.0302. The number of Topliss-reactive ketones (excluding diaryl/α,β-unsaturated/α-hetero) is 1. The molecule has 0 aliphatic rings. The Hall–Kier alpha value is -5.44. The summed E-state index contributed by atoms with van der Waals surface area (Å²) in [4.78, 5) is 50.2. The van der Waals surface area contributed by atoms with Gasteiger partial charge in [0.25, 0.3) is 5.91 Å². The Balaban J connectivity index is 1.24. The van der Waals surface area contributed by atoms with Gasteiger partial charge in [0.2, 0.25) is 5.91 Å². The third-order valence-corrected chi connectivity index (χ3v) is 8.08. The highest BCUT2D eigenvalue weighted by Crippen LogP contribution is 2.17. The number of benzene rings is 4. The van der Waals surface area contributed by atoms with Gasteiger partial charge >= 0.3 is 5.97 Å². The molecule has 49 heavy (non-hydrogen) atoms. The number of nitrogens with one attached hydrogen (secondary N) is 2. The third-order valence-electron chi connectivity index (χ3n) is 8.08. The average molecular weight is 665 g/mol. The predicted molar refractivity (Wildman–Crippen MR) is 190 cm³/mol. The summed E-state index contributed by atoms with van der Waals surface area (Å²) < 4.78 is 10.9. The predicted octanol–water partition coefficient (Wildman–Crippen LogP) is 7.08. The van der Waals surface area contributed by atoms with Crippen molar-refractivity contribution in [1.82, 2.24) is 5.32 Å². The highest BCUT2D eigenvalue weighted by Gasteiger charge is 2.21. The Morgan fingerprint density at radius 2 is 1.24 bits per heavy atom. The minimum Gasteiger partial charge on any atom is -0.497 e. The lowest BCUT2D eigenvalue weighted by Gasteiger charge is -2.15. The van der Waals surface area contributed by atoms with Gasteiger partial charge < -0.3 is 25.2 Å². The fraction of sp³-hybridized carbons (Fsp3) is 0.300. The van der Waals surface area contributed by atoms with Crippen LogP contribution in [0.2, 0.25) is 0 Å². The summed E-state index contributed by atoms with van der Waals surface area (Å²) in [6.45, 7) is 2.85. The van der Waals surface area contributed by atoms with Crippen molar-refractivity contribution in [2.75, 3.05) is 19.0 Å². The Kier molecular flexibility index (Phi) is 14.0. The van der Waals surface area contributed by atoms with Crippen molar-refractivity contribution in [3.63, 3.8) is 0 Å². The molecule has 0 saturated carbocycles. The van der Waals surface area contributed by atoms with E-state index >= 15 is 0 Å².